The molecule has 0 saturated heterocycles. The molecule has 2 aromatic rings. The van der Waals surface area contributed by atoms with Crippen LogP contribution in [-0.4, -0.2) is 33.0 Å². The van der Waals surface area contributed by atoms with Crippen LogP contribution in [0.3, 0.4) is 0 Å². The molecule has 0 bridgehead atoms. The molecule has 0 fully saturated rings. The SMILES string of the molecule is CN(Cc1ncn[nH]1)C(=O)c1ccc(F)c(Br)c1. The highest BCUT2D eigenvalue weighted by Crippen LogP contribution is 2.18. The Kier molecular flexibility index (Phi) is 3.71. The first kappa shape index (κ1) is 12.7. The molecular formula is C11H10BrFN4O. The lowest BCUT2D eigenvalue weighted by Gasteiger charge is -2.15. The van der Waals surface area contributed by atoms with Crippen LogP contribution in [0, 0.1) is 5.82 Å². The van der Waals surface area contributed by atoms with E-state index in [1.807, 2.05) is 0 Å². The minimum absolute atomic E-state index is 0.216. The van der Waals surface area contributed by atoms with Gasteiger partial charge in [-0.3, -0.25) is 9.89 Å². The number of nitrogens with zero attached hydrogens (tertiary/aromatic N) is 3. The molecule has 1 aromatic carbocycles. The van der Waals surface area contributed by atoms with Crippen molar-refractivity contribution in [1.82, 2.24) is 20.1 Å². The number of rotatable bonds is 3. The monoisotopic (exact) mass is 312 g/mol. The minimum Gasteiger partial charge on any atom is -0.334 e. The van der Waals surface area contributed by atoms with Gasteiger partial charge < -0.3 is 4.90 Å². The lowest BCUT2D eigenvalue weighted by atomic mass is 10.2. The van der Waals surface area contributed by atoms with Crippen molar-refractivity contribution < 1.29 is 9.18 Å². The summed E-state index contributed by atoms with van der Waals surface area (Å²) >= 11 is 3.05. The van der Waals surface area contributed by atoms with Gasteiger partial charge in [-0.15, -0.1) is 0 Å². The van der Waals surface area contributed by atoms with Crippen molar-refractivity contribution in [2.45, 2.75) is 6.54 Å². The summed E-state index contributed by atoms with van der Waals surface area (Å²) in [6.07, 6.45) is 1.38. The van der Waals surface area contributed by atoms with E-state index in [1.165, 1.54) is 29.4 Å². The Hall–Kier alpha value is -1.76. The quantitative estimate of drug-likeness (QED) is 0.942. The molecule has 0 radical (unpaired) electrons. The van der Waals surface area contributed by atoms with Gasteiger partial charge in [0, 0.05) is 12.6 Å². The Morgan fingerprint density at radius 1 is 1.56 bits per heavy atom. The molecule has 1 N–H and O–H groups in total. The highest BCUT2D eigenvalue weighted by molar-refractivity contribution is 9.10. The van der Waals surface area contributed by atoms with Gasteiger partial charge in [0.05, 0.1) is 11.0 Å². The van der Waals surface area contributed by atoms with E-state index in [-0.39, 0.29) is 10.4 Å². The first-order chi connectivity index (χ1) is 8.58. The van der Waals surface area contributed by atoms with Gasteiger partial charge in [-0.1, -0.05) is 0 Å². The zero-order valence-electron chi connectivity index (χ0n) is 9.52. The predicted octanol–water partition coefficient (Wildman–Crippen LogP) is 1.98. The molecule has 0 saturated carbocycles. The maximum Gasteiger partial charge on any atom is 0.254 e. The van der Waals surface area contributed by atoms with Gasteiger partial charge in [0.15, 0.2) is 0 Å². The third-order valence-corrected chi connectivity index (χ3v) is 2.97. The van der Waals surface area contributed by atoms with Crippen molar-refractivity contribution >= 4 is 21.8 Å². The van der Waals surface area contributed by atoms with E-state index in [0.717, 1.165) is 0 Å². The smallest absolute Gasteiger partial charge is 0.254 e. The van der Waals surface area contributed by atoms with Crippen molar-refractivity contribution in [3.05, 3.63) is 46.2 Å². The summed E-state index contributed by atoms with van der Waals surface area (Å²) in [4.78, 5) is 17.5. The average molecular weight is 313 g/mol. The van der Waals surface area contributed by atoms with E-state index < -0.39 is 5.82 Å². The van der Waals surface area contributed by atoms with Crippen LogP contribution in [0.15, 0.2) is 29.0 Å². The van der Waals surface area contributed by atoms with Crippen molar-refractivity contribution in [3.8, 4) is 0 Å². The number of aromatic amines is 1. The van der Waals surface area contributed by atoms with Crippen LogP contribution in [0.25, 0.3) is 0 Å². The summed E-state index contributed by atoms with van der Waals surface area (Å²) < 4.78 is 13.3. The van der Waals surface area contributed by atoms with E-state index in [0.29, 0.717) is 17.9 Å². The zero-order chi connectivity index (χ0) is 13.1. The van der Waals surface area contributed by atoms with Crippen molar-refractivity contribution in [2.75, 3.05) is 7.05 Å². The van der Waals surface area contributed by atoms with Gasteiger partial charge >= 0.3 is 0 Å². The Morgan fingerprint density at radius 2 is 2.33 bits per heavy atom. The second-order valence-electron chi connectivity index (χ2n) is 3.72. The molecule has 0 spiro atoms. The van der Waals surface area contributed by atoms with Gasteiger partial charge in [0.2, 0.25) is 0 Å². The molecule has 2 rings (SSSR count). The van der Waals surface area contributed by atoms with E-state index >= 15 is 0 Å². The molecule has 94 valence electrons. The van der Waals surface area contributed by atoms with Crippen LogP contribution >= 0.6 is 15.9 Å². The van der Waals surface area contributed by atoms with Crippen LogP contribution in [0.1, 0.15) is 16.2 Å². The van der Waals surface area contributed by atoms with Crippen LogP contribution < -0.4 is 0 Å². The van der Waals surface area contributed by atoms with Gasteiger partial charge in [-0.2, -0.15) is 5.10 Å². The molecule has 0 aliphatic rings. The number of benzene rings is 1. The number of carbonyl (C=O) groups is 1. The van der Waals surface area contributed by atoms with Crippen molar-refractivity contribution in [1.29, 1.82) is 0 Å². The minimum atomic E-state index is -0.399. The number of hydrogen-bond donors (Lipinski definition) is 1. The average Bonchev–Trinajstić information content (AvgIpc) is 2.84. The number of hydrogen-bond acceptors (Lipinski definition) is 3. The molecule has 1 heterocycles. The van der Waals surface area contributed by atoms with Gasteiger partial charge in [0.25, 0.3) is 5.91 Å². The lowest BCUT2D eigenvalue weighted by molar-refractivity contribution is 0.0781. The molecule has 18 heavy (non-hydrogen) atoms. The summed E-state index contributed by atoms with van der Waals surface area (Å²) in [6.45, 7) is 0.313. The number of H-pyrrole nitrogens is 1. The highest BCUT2D eigenvalue weighted by atomic mass is 79.9. The van der Waals surface area contributed by atoms with Crippen molar-refractivity contribution in [2.24, 2.45) is 0 Å². The maximum absolute atomic E-state index is 13.1. The lowest BCUT2D eigenvalue weighted by Crippen LogP contribution is -2.26. The molecule has 0 aliphatic carbocycles. The van der Waals surface area contributed by atoms with Gasteiger partial charge in [-0.25, -0.2) is 9.37 Å². The summed E-state index contributed by atoms with van der Waals surface area (Å²) in [6, 6.07) is 4.15. The van der Waals surface area contributed by atoms with E-state index in [4.69, 9.17) is 0 Å². The Morgan fingerprint density at radius 3 is 2.94 bits per heavy atom. The molecule has 7 heteroatoms. The van der Waals surface area contributed by atoms with E-state index in [2.05, 4.69) is 31.1 Å². The largest absolute Gasteiger partial charge is 0.334 e. The topological polar surface area (TPSA) is 61.9 Å². The molecule has 1 aromatic heterocycles. The van der Waals surface area contributed by atoms with Crippen LogP contribution in [0.5, 0.6) is 0 Å². The second kappa shape index (κ2) is 5.26. The number of carbonyl (C=O) groups excluding carboxylic acids is 1. The van der Waals surface area contributed by atoms with Crippen LogP contribution in [0.4, 0.5) is 4.39 Å². The fourth-order valence-electron chi connectivity index (χ4n) is 1.45. The number of halogens is 2. The van der Waals surface area contributed by atoms with Crippen LogP contribution in [-0.2, 0) is 6.54 Å². The molecule has 1 amide bonds. The summed E-state index contributed by atoms with van der Waals surface area (Å²) in [5.74, 6) is -0.0245. The Labute approximate surface area is 111 Å². The van der Waals surface area contributed by atoms with E-state index in [1.54, 1.807) is 7.05 Å². The fourth-order valence-corrected chi connectivity index (χ4v) is 1.83. The first-order valence-electron chi connectivity index (χ1n) is 5.12. The maximum atomic E-state index is 13.1. The van der Waals surface area contributed by atoms with Gasteiger partial charge in [0.1, 0.15) is 18.0 Å². The highest BCUT2D eigenvalue weighted by Gasteiger charge is 2.14. The fraction of sp³-hybridized carbons (Fsp3) is 0.182. The Balaban J connectivity index is 2.12. The molecule has 5 nitrogen and oxygen atoms in total. The molecule has 0 aliphatic heterocycles. The Bertz CT molecular complexity index is 558. The number of amides is 1. The first-order valence-corrected chi connectivity index (χ1v) is 5.92. The summed E-state index contributed by atoms with van der Waals surface area (Å²) in [5, 5.41) is 6.37. The summed E-state index contributed by atoms with van der Waals surface area (Å²) in [7, 11) is 1.64. The summed E-state index contributed by atoms with van der Waals surface area (Å²) in [5.41, 5.74) is 0.408. The normalized spacial score (nSPS) is 10.4. The van der Waals surface area contributed by atoms with Crippen LogP contribution in [0.2, 0.25) is 0 Å². The molecule has 0 unspecified atom stereocenters. The third kappa shape index (κ3) is 2.73. The number of aromatic nitrogens is 3. The standard InChI is InChI=1S/C11H10BrFN4O/c1-17(5-10-14-6-15-16-10)11(18)7-2-3-9(13)8(12)4-7/h2-4,6H,5H2,1H3,(H,14,15,16). The second-order valence-corrected chi connectivity index (χ2v) is 4.58. The van der Waals surface area contributed by atoms with Gasteiger partial charge in [-0.05, 0) is 34.1 Å². The predicted molar refractivity (Wildman–Crippen MR) is 66.3 cm³/mol. The molecule has 0 atom stereocenters. The van der Waals surface area contributed by atoms with Crippen molar-refractivity contribution in [3.63, 3.8) is 0 Å². The number of nitrogens with one attached hydrogen (secondary N) is 1. The van der Waals surface area contributed by atoms with E-state index in [9.17, 15) is 9.18 Å². The molecular weight excluding hydrogens is 303 g/mol. The third-order valence-electron chi connectivity index (χ3n) is 2.37. The zero-order valence-corrected chi connectivity index (χ0v) is 11.1.